The standard InChI is InChI=1S/C26H36ClN3O6S/c1-7-18(3)28-26(32)22(8-2)29(16-19-9-11-20(27)12-10-19)25(31)17-30(37(6,33)34)23-14-13-21(35-4)15-24(23)36-5/h9-15,18,22H,7-8,16-17H2,1-6H3,(H,28,32)/t18-,22-/m1/s1. The summed E-state index contributed by atoms with van der Waals surface area (Å²) < 4.78 is 37.3. The number of halogens is 1. The van der Waals surface area contributed by atoms with Crippen LogP contribution >= 0.6 is 11.6 Å². The summed E-state index contributed by atoms with van der Waals surface area (Å²) in [6.07, 6.45) is 2.08. The molecule has 0 unspecified atom stereocenters. The number of hydrogen-bond acceptors (Lipinski definition) is 6. The third-order valence-corrected chi connectivity index (χ3v) is 7.37. The summed E-state index contributed by atoms with van der Waals surface area (Å²) in [5.41, 5.74) is 0.933. The Morgan fingerprint density at radius 3 is 2.19 bits per heavy atom. The van der Waals surface area contributed by atoms with Crippen molar-refractivity contribution in [1.82, 2.24) is 10.2 Å². The molecule has 0 aliphatic rings. The van der Waals surface area contributed by atoms with Gasteiger partial charge in [0.05, 0.1) is 26.2 Å². The molecule has 0 radical (unpaired) electrons. The summed E-state index contributed by atoms with van der Waals surface area (Å²) in [6.45, 7) is 5.22. The summed E-state index contributed by atoms with van der Waals surface area (Å²) in [5.74, 6) is -0.141. The van der Waals surface area contributed by atoms with Gasteiger partial charge in [-0.2, -0.15) is 0 Å². The third kappa shape index (κ3) is 8.26. The van der Waals surface area contributed by atoms with Crippen LogP contribution in [0.3, 0.4) is 0 Å². The molecule has 0 saturated carbocycles. The van der Waals surface area contributed by atoms with Gasteiger partial charge in [0, 0.05) is 23.7 Å². The van der Waals surface area contributed by atoms with Gasteiger partial charge in [-0.05, 0) is 49.6 Å². The van der Waals surface area contributed by atoms with Crippen LogP contribution in [0.2, 0.25) is 5.02 Å². The van der Waals surface area contributed by atoms with E-state index in [0.717, 1.165) is 22.5 Å². The Hall–Kier alpha value is -2.98. The second kappa shape index (κ2) is 13.5. The minimum absolute atomic E-state index is 0.0786. The van der Waals surface area contributed by atoms with Crippen LogP contribution in [-0.2, 0) is 26.2 Å². The van der Waals surface area contributed by atoms with Crippen LogP contribution < -0.4 is 19.1 Å². The van der Waals surface area contributed by atoms with E-state index in [1.165, 1.54) is 31.3 Å². The SMILES string of the molecule is CC[C@@H](C)NC(=O)[C@@H](CC)N(Cc1ccc(Cl)cc1)C(=O)CN(c1ccc(OC)cc1OC)S(C)(=O)=O. The molecule has 0 spiro atoms. The second-order valence-corrected chi connectivity index (χ2v) is 11.0. The fourth-order valence-electron chi connectivity index (χ4n) is 3.73. The molecule has 1 N–H and O–H groups in total. The van der Waals surface area contributed by atoms with Crippen LogP contribution in [0.1, 0.15) is 39.2 Å². The second-order valence-electron chi connectivity index (χ2n) is 8.70. The Balaban J connectivity index is 2.50. The van der Waals surface area contributed by atoms with Gasteiger partial charge in [0.15, 0.2) is 0 Å². The van der Waals surface area contributed by atoms with Gasteiger partial charge in [0.25, 0.3) is 0 Å². The normalized spacial score (nSPS) is 12.8. The number of ether oxygens (including phenoxy) is 2. The van der Waals surface area contributed by atoms with Gasteiger partial charge in [-0.25, -0.2) is 8.42 Å². The minimum Gasteiger partial charge on any atom is -0.497 e. The molecule has 2 rings (SSSR count). The molecule has 0 heterocycles. The highest BCUT2D eigenvalue weighted by atomic mass is 35.5. The monoisotopic (exact) mass is 553 g/mol. The maximum atomic E-state index is 13.8. The molecule has 0 aliphatic heterocycles. The van der Waals surface area contributed by atoms with Crippen molar-refractivity contribution in [3.63, 3.8) is 0 Å². The molecule has 0 aromatic heterocycles. The molecule has 0 aliphatic carbocycles. The zero-order valence-corrected chi connectivity index (χ0v) is 23.7. The van der Waals surface area contributed by atoms with Crippen molar-refractivity contribution in [2.24, 2.45) is 0 Å². The van der Waals surface area contributed by atoms with E-state index in [9.17, 15) is 18.0 Å². The number of benzene rings is 2. The van der Waals surface area contributed by atoms with Gasteiger partial charge in [-0.15, -0.1) is 0 Å². The van der Waals surface area contributed by atoms with Crippen LogP contribution in [0.25, 0.3) is 0 Å². The molecular weight excluding hydrogens is 518 g/mol. The Kier molecular flexibility index (Phi) is 11.1. The summed E-state index contributed by atoms with van der Waals surface area (Å²) in [7, 11) is -1.02. The third-order valence-electron chi connectivity index (χ3n) is 5.99. The van der Waals surface area contributed by atoms with Crippen LogP contribution in [0.5, 0.6) is 11.5 Å². The van der Waals surface area contributed by atoms with Crippen molar-refractivity contribution in [1.29, 1.82) is 0 Å². The lowest BCUT2D eigenvalue weighted by Gasteiger charge is -2.33. The smallest absolute Gasteiger partial charge is 0.244 e. The van der Waals surface area contributed by atoms with Crippen molar-refractivity contribution < 1.29 is 27.5 Å². The summed E-state index contributed by atoms with van der Waals surface area (Å²) >= 11 is 6.02. The Morgan fingerprint density at radius 1 is 1.03 bits per heavy atom. The highest BCUT2D eigenvalue weighted by molar-refractivity contribution is 7.92. The molecule has 2 aromatic carbocycles. The molecule has 0 fully saturated rings. The van der Waals surface area contributed by atoms with Crippen LogP contribution in [0.4, 0.5) is 5.69 Å². The summed E-state index contributed by atoms with van der Waals surface area (Å²) in [4.78, 5) is 28.4. The number of amides is 2. The van der Waals surface area contributed by atoms with Crippen LogP contribution in [0.15, 0.2) is 42.5 Å². The lowest BCUT2D eigenvalue weighted by molar-refractivity contribution is -0.140. The zero-order valence-electron chi connectivity index (χ0n) is 22.2. The van der Waals surface area contributed by atoms with Gasteiger partial charge in [-0.1, -0.05) is 37.6 Å². The van der Waals surface area contributed by atoms with Crippen molar-refractivity contribution in [3.05, 3.63) is 53.1 Å². The molecule has 9 nitrogen and oxygen atoms in total. The average molecular weight is 554 g/mol. The number of nitrogens with zero attached hydrogens (tertiary/aromatic N) is 2. The van der Waals surface area contributed by atoms with Gasteiger partial charge < -0.3 is 19.7 Å². The zero-order chi connectivity index (χ0) is 27.8. The lowest BCUT2D eigenvalue weighted by atomic mass is 10.1. The maximum Gasteiger partial charge on any atom is 0.244 e. The van der Waals surface area contributed by atoms with Crippen molar-refractivity contribution in [3.8, 4) is 11.5 Å². The fraction of sp³-hybridized carbons (Fsp3) is 0.462. The van der Waals surface area contributed by atoms with Gasteiger partial charge >= 0.3 is 0 Å². The van der Waals surface area contributed by atoms with E-state index in [-0.39, 0.29) is 29.9 Å². The van der Waals surface area contributed by atoms with Gasteiger partial charge in [-0.3, -0.25) is 13.9 Å². The molecule has 37 heavy (non-hydrogen) atoms. The highest BCUT2D eigenvalue weighted by Crippen LogP contribution is 2.33. The van der Waals surface area contributed by atoms with E-state index in [2.05, 4.69) is 5.32 Å². The Labute approximate surface area is 224 Å². The number of rotatable bonds is 13. The number of nitrogens with one attached hydrogen (secondary N) is 1. The molecule has 0 bridgehead atoms. The van der Waals surface area contributed by atoms with Crippen molar-refractivity contribution in [2.45, 2.75) is 52.2 Å². The quantitative estimate of drug-likeness (QED) is 0.404. The van der Waals surface area contributed by atoms with Crippen LogP contribution in [0, 0.1) is 0 Å². The van der Waals surface area contributed by atoms with E-state index in [0.29, 0.717) is 17.2 Å². The van der Waals surface area contributed by atoms with Crippen LogP contribution in [-0.4, -0.2) is 64.2 Å². The molecule has 2 amide bonds. The first-order valence-corrected chi connectivity index (χ1v) is 14.2. The summed E-state index contributed by atoms with van der Waals surface area (Å²) in [5, 5.41) is 3.48. The average Bonchev–Trinajstić information content (AvgIpc) is 2.86. The molecule has 204 valence electrons. The first-order valence-electron chi connectivity index (χ1n) is 12.0. The predicted octanol–water partition coefficient (Wildman–Crippen LogP) is 3.85. The van der Waals surface area contributed by atoms with Crippen molar-refractivity contribution >= 4 is 39.1 Å². The number of carbonyl (C=O) groups is 2. The van der Waals surface area contributed by atoms with E-state index in [1.807, 2.05) is 20.8 Å². The molecule has 11 heteroatoms. The minimum atomic E-state index is -3.91. The first-order chi connectivity index (χ1) is 17.4. The number of hydrogen-bond donors (Lipinski definition) is 1. The van der Waals surface area contributed by atoms with Gasteiger partial charge in [0.2, 0.25) is 21.8 Å². The Morgan fingerprint density at radius 2 is 1.68 bits per heavy atom. The van der Waals surface area contributed by atoms with Gasteiger partial charge in [0.1, 0.15) is 24.1 Å². The number of carbonyl (C=O) groups excluding carboxylic acids is 2. The van der Waals surface area contributed by atoms with E-state index in [4.69, 9.17) is 21.1 Å². The maximum absolute atomic E-state index is 13.8. The van der Waals surface area contributed by atoms with E-state index < -0.39 is 28.5 Å². The molecule has 2 aromatic rings. The Bertz CT molecular complexity index is 1170. The molecule has 2 atom stereocenters. The fourth-order valence-corrected chi connectivity index (χ4v) is 4.71. The number of anilines is 1. The lowest BCUT2D eigenvalue weighted by Crippen LogP contribution is -2.53. The number of sulfonamides is 1. The molecule has 0 saturated heterocycles. The van der Waals surface area contributed by atoms with Crippen molar-refractivity contribution in [2.75, 3.05) is 31.3 Å². The van der Waals surface area contributed by atoms with E-state index >= 15 is 0 Å². The predicted molar refractivity (Wildman–Crippen MR) is 146 cm³/mol. The van der Waals surface area contributed by atoms with E-state index in [1.54, 1.807) is 30.3 Å². The highest BCUT2D eigenvalue weighted by Gasteiger charge is 2.33. The molecular formula is C26H36ClN3O6S. The number of methoxy groups -OCH3 is 2. The topological polar surface area (TPSA) is 105 Å². The largest absolute Gasteiger partial charge is 0.497 e. The first kappa shape index (κ1) is 30.2. The summed E-state index contributed by atoms with van der Waals surface area (Å²) in [6, 6.07) is 10.7.